The number of amides is 1. The molecule has 2 N–H and O–H groups in total. The van der Waals surface area contributed by atoms with Gasteiger partial charge in [0.15, 0.2) is 5.13 Å². The van der Waals surface area contributed by atoms with Crippen LogP contribution in [0.1, 0.15) is 29.8 Å². The van der Waals surface area contributed by atoms with E-state index >= 15 is 0 Å². The van der Waals surface area contributed by atoms with Gasteiger partial charge in [-0.1, -0.05) is 0 Å². The number of aliphatic hydroxyl groups excluding tert-OH is 1. The number of aliphatic hydroxyl groups is 1. The van der Waals surface area contributed by atoms with Gasteiger partial charge in [-0.3, -0.25) is 10.1 Å². The summed E-state index contributed by atoms with van der Waals surface area (Å²) < 4.78 is 11.5. The molecule has 1 aromatic carbocycles. The van der Waals surface area contributed by atoms with Gasteiger partial charge in [-0.2, -0.15) is 0 Å². The minimum absolute atomic E-state index is 0.0284. The number of pyridine rings is 1. The number of rotatable bonds is 7. The van der Waals surface area contributed by atoms with Crippen LogP contribution in [0.3, 0.4) is 0 Å². The standard InChI is InChI=1S/C19H19N3O4S/c1-12(2)25-14-4-5-16(26-17-6-3-13(11-23)10-21-17)15(9-14)18(24)22-19-20-7-8-27-19/h3-10,12,23H,11H2,1-2H3,(H,20,22,24). The molecular formula is C19H19N3O4S. The van der Waals surface area contributed by atoms with Crippen molar-refractivity contribution in [3.63, 3.8) is 0 Å². The number of aromatic nitrogens is 2. The zero-order valence-corrected chi connectivity index (χ0v) is 15.7. The van der Waals surface area contributed by atoms with Crippen molar-refractivity contribution in [2.75, 3.05) is 5.32 Å². The van der Waals surface area contributed by atoms with E-state index in [1.165, 1.54) is 17.5 Å². The van der Waals surface area contributed by atoms with E-state index in [0.717, 1.165) is 0 Å². The van der Waals surface area contributed by atoms with Crippen LogP contribution in [0.15, 0.2) is 48.1 Å². The Hall–Kier alpha value is -2.97. The fourth-order valence-electron chi connectivity index (χ4n) is 2.25. The van der Waals surface area contributed by atoms with Crippen molar-refractivity contribution < 1.29 is 19.4 Å². The highest BCUT2D eigenvalue weighted by atomic mass is 32.1. The first kappa shape index (κ1) is 18.8. The topological polar surface area (TPSA) is 93.6 Å². The lowest BCUT2D eigenvalue weighted by atomic mass is 10.1. The predicted molar refractivity (Wildman–Crippen MR) is 103 cm³/mol. The Kier molecular flexibility index (Phi) is 6.00. The lowest BCUT2D eigenvalue weighted by Crippen LogP contribution is -2.14. The van der Waals surface area contributed by atoms with Crippen LogP contribution in [-0.4, -0.2) is 27.1 Å². The van der Waals surface area contributed by atoms with Crippen LogP contribution in [0.2, 0.25) is 0 Å². The monoisotopic (exact) mass is 385 g/mol. The molecule has 27 heavy (non-hydrogen) atoms. The summed E-state index contributed by atoms with van der Waals surface area (Å²) in [7, 11) is 0. The molecule has 0 bridgehead atoms. The molecule has 0 saturated carbocycles. The van der Waals surface area contributed by atoms with Gasteiger partial charge in [-0.05, 0) is 43.7 Å². The molecule has 0 aliphatic rings. The van der Waals surface area contributed by atoms with Gasteiger partial charge in [0.2, 0.25) is 5.88 Å². The van der Waals surface area contributed by atoms with Crippen LogP contribution in [0.5, 0.6) is 17.4 Å². The number of hydrogen-bond donors (Lipinski definition) is 2. The molecule has 140 valence electrons. The summed E-state index contributed by atoms with van der Waals surface area (Å²) >= 11 is 1.32. The van der Waals surface area contributed by atoms with E-state index in [1.54, 1.807) is 41.9 Å². The van der Waals surface area contributed by atoms with Crippen LogP contribution in [0, 0.1) is 0 Å². The van der Waals surface area contributed by atoms with Crippen molar-refractivity contribution in [1.82, 2.24) is 9.97 Å². The van der Waals surface area contributed by atoms with Crippen LogP contribution in [0.25, 0.3) is 0 Å². The Labute approximate surface area is 160 Å². The van der Waals surface area contributed by atoms with Crippen molar-refractivity contribution in [3.8, 4) is 17.4 Å². The first-order chi connectivity index (χ1) is 13.0. The Morgan fingerprint density at radius 2 is 2.11 bits per heavy atom. The molecule has 0 radical (unpaired) electrons. The van der Waals surface area contributed by atoms with Gasteiger partial charge in [-0.25, -0.2) is 9.97 Å². The van der Waals surface area contributed by atoms with Crippen molar-refractivity contribution in [3.05, 3.63) is 59.2 Å². The third kappa shape index (κ3) is 5.02. The number of nitrogens with zero attached hydrogens (tertiary/aromatic N) is 2. The third-order valence-electron chi connectivity index (χ3n) is 3.41. The number of nitrogens with one attached hydrogen (secondary N) is 1. The minimum Gasteiger partial charge on any atom is -0.491 e. The SMILES string of the molecule is CC(C)Oc1ccc(Oc2ccc(CO)cn2)c(C(=O)Nc2nccs2)c1. The zero-order chi connectivity index (χ0) is 19.2. The normalized spacial score (nSPS) is 10.7. The number of thiazole rings is 1. The van der Waals surface area contributed by atoms with E-state index in [1.807, 2.05) is 13.8 Å². The molecule has 0 fully saturated rings. The maximum Gasteiger partial charge on any atom is 0.261 e. The summed E-state index contributed by atoms with van der Waals surface area (Å²) in [6.07, 6.45) is 3.10. The second-order valence-electron chi connectivity index (χ2n) is 5.88. The number of hydrogen-bond acceptors (Lipinski definition) is 7. The van der Waals surface area contributed by atoms with Crippen LogP contribution >= 0.6 is 11.3 Å². The van der Waals surface area contributed by atoms with Gasteiger partial charge in [0.25, 0.3) is 5.91 Å². The van der Waals surface area contributed by atoms with Crippen LogP contribution in [-0.2, 0) is 6.61 Å². The van der Waals surface area contributed by atoms with Gasteiger partial charge in [0.1, 0.15) is 11.5 Å². The highest BCUT2D eigenvalue weighted by molar-refractivity contribution is 7.13. The second-order valence-corrected chi connectivity index (χ2v) is 6.78. The maximum atomic E-state index is 12.7. The van der Waals surface area contributed by atoms with E-state index in [9.17, 15) is 4.79 Å². The fourth-order valence-corrected chi connectivity index (χ4v) is 2.77. The van der Waals surface area contributed by atoms with Gasteiger partial charge >= 0.3 is 0 Å². The highest BCUT2D eigenvalue weighted by Gasteiger charge is 2.17. The molecular weight excluding hydrogens is 366 g/mol. The first-order valence-corrected chi connectivity index (χ1v) is 9.18. The Morgan fingerprint density at radius 1 is 1.26 bits per heavy atom. The van der Waals surface area contributed by atoms with Crippen molar-refractivity contribution >= 4 is 22.4 Å². The molecule has 2 aromatic heterocycles. The average Bonchev–Trinajstić information content (AvgIpc) is 3.16. The summed E-state index contributed by atoms with van der Waals surface area (Å²) in [5, 5.41) is 14.1. The number of carbonyl (C=O) groups is 1. The molecule has 0 atom stereocenters. The van der Waals surface area contributed by atoms with E-state index in [0.29, 0.717) is 33.6 Å². The van der Waals surface area contributed by atoms with E-state index in [-0.39, 0.29) is 18.6 Å². The molecule has 8 heteroatoms. The summed E-state index contributed by atoms with van der Waals surface area (Å²) in [6.45, 7) is 3.72. The molecule has 3 rings (SSSR count). The summed E-state index contributed by atoms with van der Waals surface area (Å²) in [6, 6.07) is 8.36. The van der Waals surface area contributed by atoms with Crippen molar-refractivity contribution in [1.29, 1.82) is 0 Å². The molecule has 0 saturated heterocycles. The van der Waals surface area contributed by atoms with Crippen LogP contribution in [0.4, 0.5) is 5.13 Å². The Morgan fingerprint density at radius 3 is 2.74 bits per heavy atom. The van der Waals surface area contributed by atoms with Gasteiger partial charge in [0.05, 0.1) is 18.3 Å². The van der Waals surface area contributed by atoms with Gasteiger partial charge in [0, 0.05) is 23.8 Å². The minimum atomic E-state index is -0.360. The quantitative estimate of drug-likeness (QED) is 0.641. The van der Waals surface area contributed by atoms with Gasteiger partial charge < -0.3 is 14.6 Å². The summed E-state index contributed by atoms with van der Waals surface area (Å²) in [5.41, 5.74) is 0.973. The van der Waals surface area contributed by atoms with Crippen LogP contribution < -0.4 is 14.8 Å². The number of benzene rings is 1. The van der Waals surface area contributed by atoms with E-state index < -0.39 is 0 Å². The number of ether oxygens (including phenoxy) is 2. The summed E-state index contributed by atoms with van der Waals surface area (Å²) in [5.74, 6) is 0.851. The number of carbonyl (C=O) groups excluding carboxylic acids is 1. The van der Waals surface area contributed by atoms with E-state index in [2.05, 4.69) is 15.3 Å². The molecule has 0 spiro atoms. The maximum absolute atomic E-state index is 12.7. The second kappa shape index (κ2) is 8.61. The smallest absolute Gasteiger partial charge is 0.261 e. The largest absolute Gasteiger partial charge is 0.491 e. The van der Waals surface area contributed by atoms with Crippen molar-refractivity contribution in [2.45, 2.75) is 26.6 Å². The molecule has 0 aliphatic heterocycles. The zero-order valence-electron chi connectivity index (χ0n) is 14.9. The molecule has 1 amide bonds. The molecule has 7 nitrogen and oxygen atoms in total. The van der Waals surface area contributed by atoms with Crippen molar-refractivity contribution in [2.24, 2.45) is 0 Å². The fraction of sp³-hybridized carbons (Fsp3) is 0.211. The molecule has 0 aliphatic carbocycles. The highest BCUT2D eigenvalue weighted by Crippen LogP contribution is 2.29. The Balaban J connectivity index is 1.89. The third-order valence-corrected chi connectivity index (χ3v) is 4.10. The molecule has 3 aromatic rings. The average molecular weight is 385 g/mol. The first-order valence-electron chi connectivity index (χ1n) is 8.30. The van der Waals surface area contributed by atoms with Gasteiger partial charge in [-0.15, -0.1) is 11.3 Å². The molecule has 2 heterocycles. The Bertz CT molecular complexity index is 896. The number of anilines is 1. The summed E-state index contributed by atoms with van der Waals surface area (Å²) in [4.78, 5) is 20.9. The predicted octanol–water partition coefficient (Wildman–Crippen LogP) is 3.86. The molecule has 0 unspecified atom stereocenters. The van der Waals surface area contributed by atoms with E-state index in [4.69, 9.17) is 14.6 Å². The lowest BCUT2D eigenvalue weighted by Gasteiger charge is -2.14. The lowest BCUT2D eigenvalue weighted by molar-refractivity contribution is 0.102.